The minimum Gasteiger partial charge on any atom is -0.393 e. The van der Waals surface area contributed by atoms with E-state index in [-0.39, 0.29) is 5.41 Å². The zero-order valence-corrected chi connectivity index (χ0v) is 19.9. The number of allylic oxidation sites excluding steroid dienone is 3. The maximum atomic E-state index is 14.3. The van der Waals surface area contributed by atoms with E-state index in [1.54, 1.807) is 13.8 Å². The number of rotatable bonds is 6. The fourth-order valence-corrected chi connectivity index (χ4v) is 6.64. The van der Waals surface area contributed by atoms with E-state index in [0.29, 0.717) is 37.0 Å². The molecule has 3 aliphatic carbocycles. The van der Waals surface area contributed by atoms with Gasteiger partial charge in [0.15, 0.2) is 0 Å². The summed E-state index contributed by atoms with van der Waals surface area (Å²) < 4.78 is 14.3. The Morgan fingerprint density at radius 1 is 1.23 bits per heavy atom. The molecule has 0 saturated heterocycles. The van der Waals surface area contributed by atoms with Crippen molar-refractivity contribution in [3.05, 3.63) is 35.5 Å². The van der Waals surface area contributed by atoms with Crippen molar-refractivity contribution < 1.29 is 19.7 Å². The van der Waals surface area contributed by atoms with Gasteiger partial charge in [0.25, 0.3) is 0 Å². The standard InChI is InChI=1S/C27H43FO3/c1-17(8-13-25(28)26(3,4)31)22-11-12-23-19(7-6-14-27(22,23)5)9-10-20-15-21(29)16-24(30)18(20)2/h9-10,17,21-25,29-31H,2,6-8,11-16H2,1,3-5H3/b19-9+,20-10-/t17-,21-,22-,23+,24+,25+,27-/m1/s1. The molecule has 3 saturated carbocycles. The second kappa shape index (κ2) is 9.49. The molecule has 3 aliphatic rings. The number of hydrogen-bond acceptors (Lipinski definition) is 3. The average molecular weight is 435 g/mol. The van der Waals surface area contributed by atoms with Crippen LogP contribution >= 0.6 is 0 Å². The number of alkyl halides is 1. The van der Waals surface area contributed by atoms with Gasteiger partial charge in [-0.3, -0.25) is 0 Å². The van der Waals surface area contributed by atoms with E-state index in [9.17, 15) is 19.7 Å². The molecule has 4 heteroatoms. The number of halogens is 1. The molecule has 3 fully saturated rings. The zero-order chi connectivity index (χ0) is 23.0. The van der Waals surface area contributed by atoms with Gasteiger partial charge in [0.2, 0.25) is 0 Å². The van der Waals surface area contributed by atoms with E-state index >= 15 is 0 Å². The van der Waals surface area contributed by atoms with E-state index in [0.717, 1.165) is 24.0 Å². The summed E-state index contributed by atoms with van der Waals surface area (Å²) in [5, 5.41) is 30.1. The van der Waals surface area contributed by atoms with E-state index in [4.69, 9.17) is 0 Å². The second-order valence-electron chi connectivity index (χ2n) is 11.3. The van der Waals surface area contributed by atoms with Crippen LogP contribution in [0.2, 0.25) is 0 Å². The van der Waals surface area contributed by atoms with E-state index in [2.05, 4.69) is 32.6 Å². The highest BCUT2D eigenvalue weighted by molar-refractivity contribution is 5.38. The quantitative estimate of drug-likeness (QED) is 0.506. The summed E-state index contributed by atoms with van der Waals surface area (Å²) in [6.07, 6.45) is 10.0. The molecular weight excluding hydrogens is 391 g/mol. The van der Waals surface area contributed by atoms with Crippen LogP contribution < -0.4 is 0 Å². The number of hydrogen-bond donors (Lipinski definition) is 3. The van der Waals surface area contributed by atoms with Crippen molar-refractivity contribution in [2.75, 3.05) is 0 Å². The Hall–Kier alpha value is -0.970. The molecular formula is C27H43FO3. The lowest BCUT2D eigenvalue weighted by atomic mass is 9.60. The van der Waals surface area contributed by atoms with Crippen LogP contribution in [0, 0.1) is 23.2 Å². The summed E-state index contributed by atoms with van der Waals surface area (Å²) in [6.45, 7) is 11.8. The molecule has 3 nitrogen and oxygen atoms in total. The average Bonchev–Trinajstić information content (AvgIpc) is 3.04. The molecule has 0 aliphatic heterocycles. The highest BCUT2D eigenvalue weighted by Crippen LogP contribution is 2.60. The molecule has 0 amide bonds. The highest BCUT2D eigenvalue weighted by atomic mass is 19.1. The Bertz CT molecular complexity index is 718. The van der Waals surface area contributed by atoms with E-state index < -0.39 is 24.0 Å². The first kappa shape index (κ1) is 24.7. The fourth-order valence-electron chi connectivity index (χ4n) is 6.64. The van der Waals surface area contributed by atoms with Gasteiger partial charge < -0.3 is 15.3 Å². The van der Waals surface area contributed by atoms with Crippen molar-refractivity contribution in [1.29, 1.82) is 0 Å². The molecule has 0 radical (unpaired) electrons. The molecule has 176 valence electrons. The molecule has 3 N–H and O–H groups in total. The Labute approximate surface area is 188 Å². The van der Waals surface area contributed by atoms with Gasteiger partial charge >= 0.3 is 0 Å². The Morgan fingerprint density at radius 3 is 2.61 bits per heavy atom. The summed E-state index contributed by atoms with van der Waals surface area (Å²) in [5.41, 5.74) is 2.17. The lowest BCUT2D eigenvalue weighted by Crippen LogP contribution is -2.37. The smallest absolute Gasteiger partial charge is 0.128 e. The van der Waals surface area contributed by atoms with Crippen molar-refractivity contribution in [1.82, 2.24) is 0 Å². The first-order valence-corrected chi connectivity index (χ1v) is 12.2. The van der Waals surface area contributed by atoms with Crippen LogP contribution in [0.15, 0.2) is 35.5 Å². The van der Waals surface area contributed by atoms with Crippen LogP contribution in [0.4, 0.5) is 4.39 Å². The van der Waals surface area contributed by atoms with Crippen molar-refractivity contribution in [3.8, 4) is 0 Å². The van der Waals surface area contributed by atoms with Gasteiger partial charge in [-0.15, -0.1) is 0 Å². The van der Waals surface area contributed by atoms with Crippen molar-refractivity contribution in [2.24, 2.45) is 23.2 Å². The van der Waals surface area contributed by atoms with E-state index in [1.165, 1.54) is 31.3 Å². The highest BCUT2D eigenvalue weighted by Gasteiger charge is 2.50. The van der Waals surface area contributed by atoms with Crippen LogP contribution in [-0.2, 0) is 0 Å². The van der Waals surface area contributed by atoms with Crippen LogP contribution in [0.25, 0.3) is 0 Å². The van der Waals surface area contributed by atoms with Crippen molar-refractivity contribution in [3.63, 3.8) is 0 Å². The summed E-state index contributed by atoms with van der Waals surface area (Å²) in [7, 11) is 0. The number of aliphatic hydroxyl groups is 3. The molecule has 0 aromatic rings. The third-order valence-electron chi connectivity index (χ3n) is 8.63. The maximum absolute atomic E-state index is 14.3. The van der Waals surface area contributed by atoms with Crippen LogP contribution in [0.3, 0.4) is 0 Å². The third kappa shape index (κ3) is 5.34. The number of fused-ring (bicyclic) bond motifs is 1. The maximum Gasteiger partial charge on any atom is 0.128 e. The summed E-state index contributed by atoms with van der Waals surface area (Å²) in [5.74, 6) is 1.57. The summed E-state index contributed by atoms with van der Waals surface area (Å²) in [4.78, 5) is 0. The summed E-state index contributed by atoms with van der Waals surface area (Å²) >= 11 is 0. The second-order valence-corrected chi connectivity index (χ2v) is 11.3. The minimum atomic E-state index is -1.26. The molecule has 3 rings (SSSR count). The molecule has 7 atom stereocenters. The lowest BCUT2D eigenvalue weighted by Gasteiger charge is -2.44. The topological polar surface area (TPSA) is 60.7 Å². The Balaban J connectivity index is 1.71. The molecule has 31 heavy (non-hydrogen) atoms. The first-order chi connectivity index (χ1) is 14.4. The Kier molecular flexibility index (Phi) is 7.55. The first-order valence-electron chi connectivity index (χ1n) is 12.2. The van der Waals surface area contributed by atoms with Crippen LogP contribution in [0.1, 0.15) is 85.5 Å². The van der Waals surface area contributed by atoms with E-state index in [1.807, 2.05) is 0 Å². The predicted molar refractivity (Wildman–Crippen MR) is 124 cm³/mol. The van der Waals surface area contributed by atoms with Gasteiger partial charge in [-0.2, -0.15) is 0 Å². The minimum absolute atomic E-state index is 0.241. The third-order valence-corrected chi connectivity index (χ3v) is 8.63. The Morgan fingerprint density at radius 2 is 1.94 bits per heavy atom. The van der Waals surface area contributed by atoms with Crippen LogP contribution in [-0.4, -0.2) is 39.3 Å². The molecule has 0 unspecified atom stereocenters. The van der Waals surface area contributed by atoms with Gasteiger partial charge in [-0.25, -0.2) is 4.39 Å². The van der Waals surface area contributed by atoms with Crippen molar-refractivity contribution >= 4 is 0 Å². The van der Waals surface area contributed by atoms with Gasteiger partial charge in [0.1, 0.15) is 6.17 Å². The zero-order valence-electron chi connectivity index (χ0n) is 19.9. The molecule has 0 aromatic heterocycles. The normalized spacial score (nSPS) is 39.0. The van der Waals surface area contributed by atoms with Gasteiger partial charge in [-0.05, 0) is 99.5 Å². The monoisotopic (exact) mass is 434 g/mol. The van der Waals surface area contributed by atoms with Gasteiger partial charge in [0.05, 0.1) is 17.8 Å². The van der Waals surface area contributed by atoms with Gasteiger partial charge in [0, 0.05) is 6.42 Å². The molecule has 0 heterocycles. The van der Waals surface area contributed by atoms with Crippen LogP contribution in [0.5, 0.6) is 0 Å². The lowest BCUT2D eigenvalue weighted by molar-refractivity contribution is -0.0119. The predicted octanol–water partition coefficient (Wildman–Crippen LogP) is 5.65. The molecule has 0 aromatic carbocycles. The number of aliphatic hydroxyl groups excluding tert-OH is 2. The van der Waals surface area contributed by atoms with Gasteiger partial charge in [-0.1, -0.05) is 38.2 Å². The SMILES string of the molecule is C=C1/C(=C\C=C2/CCC[C@]3(C)[C@@H]([C@H](C)CC[C@H](F)C(C)(C)O)CC[C@@H]23)C[C@@H](O)C[C@@H]1O. The largest absolute Gasteiger partial charge is 0.393 e. The molecule has 0 bridgehead atoms. The summed E-state index contributed by atoms with van der Waals surface area (Å²) in [6, 6.07) is 0. The fraction of sp³-hybridized carbons (Fsp3) is 0.778. The van der Waals surface area contributed by atoms with Crippen molar-refractivity contribution in [2.45, 2.75) is 109 Å². The molecule has 0 spiro atoms.